The van der Waals surface area contributed by atoms with Gasteiger partial charge in [-0.25, -0.2) is 0 Å². The van der Waals surface area contributed by atoms with E-state index in [9.17, 15) is 0 Å². The van der Waals surface area contributed by atoms with Gasteiger partial charge in [0.2, 0.25) is 0 Å². The first-order valence-electron chi connectivity index (χ1n) is 7.84. The highest BCUT2D eigenvalue weighted by atomic mass is 15.6. The molecule has 1 unspecified atom stereocenters. The summed E-state index contributed by atoms with van der Waals surface area (Å²) in [5, 5.41) is 0. The largest absolute Gasteiger partial charge is 0.329 e. The number of hydrogen-bond acceptors (Lipinski definition) is 5. The minimum atomic E-state index is 0.147. The van der Waals surface area contributed by atoms with Gasteiger partial charge < -0.3 is 5.73 Å². The molecular formula is C14H27N5. The smallest absolute Gasteiger partial charge is 0.104 e. The molecule has 4 aliphatic heterocycles. The summed E-state index contributed by atoms with van der Waals surface area (Å²) < 4.78 is 0. The van der Waals surface area contributed by atoms with Crippen molar-refractivity contribution in [1.82, 2.24) is 19.6 Å². The molecule has 4 fully saturated rings. The maximum atomic E-state index is 6.05. The van der Waals surface area contributed by atoms with Crippen molar-refractivity contribution in [2.75, 3.05) is 52.4 Å². The summed E-state index contributed by atoms with van der Waals surface area (Å²) in [7, 11) is 0. The van der Waals surface area contributed by atoms with E-state index in [1.165, 1.54) is 45.7 Å². The Bertz CT molecular complexity index is 380. The Morgan fingerprint density at radius 1 is 0.895 bits per heavy atom. The standard InChI is InChI=1S/C14H27N5/c1-13-14(2)18-7-6-16(13)4-3-5-17(13)8-9-19(14)12(10-15)11-18/h12H,3-11,15H2,1-2H3/t12?,13-,14+/m0/s1. The summed E-state index contributed by atoms with van der Waals surface area (Å²) in [5.74, 6) is 0. The summed E-state index contributed by atoms with van der Waals surface area (Å²) in [6, 6.07) is 0.547. The van der Waals surface area contributed by atoms with Crippen molar-refractivity contribution in [2.24, 2.45) is 5.73 Å². The highest BCUT2D eigenvalue weighted by molar-refractivity contribution is 5.18. The highest BCUT2D eigenvalue weighted by Gasteiger charge is 2.67. The van der Waals surface area contributed by atoms with Crippen molar-refractivity contribution < 1.29 is 0 Å². The van der Waals surface area contributed by atoms with Crippen LogP contribution < -0.4 is 5.73 Å². The second-order valence-corrected chi connectivity index (χ2v) is 6.90. The average Bonchev–Trinajstić information content (AvgIpc) is 2.70. The zero-order valence-electron chi connectivity index (χ0n) is 12.3. The maximum Gasteiger partial charge on any atom is 0.104 e. The minimum absolute atomic E-state index is 0.147. The fourth-order valence-electron chi connectivity index (χ4n) is 5.37. The lowest BCUT2D eigenvalue weighted by Gasteiger charge is -2.69. The van der Waals surface area contributed by atoms with Gasteiger partial charge >= 0.3 is 0 Å². The summed E-state index contributed by atoms with van der Waals surface area (Å²) in [6.45, 7) is 14.2. The molecular weight excluding hydrogens is 238 g/mol. The Morgan fingerprint density at radius 2 is 1.53 bits per heavy atom. The number of nitrogens with two attached hydrogens (primary N) is 1. The lowest BCUT2D eigenvalue weighted by atomic mass is 9.83. The van der Waals surface area contributed by atoms with Crippen molar-refractivity contribution >= 4 is 0 Å². The Balaban J connectivity index is 1.81. The van der Waals surface area contributed by atoms with E-state index in [1.54, 1.807) is 0 Å². The molecule has 0 aromatic rings. The normalized spacial score (nSPS) is 48.5. The van der Waals surface area contributed by atoms with Crippen LogP contribution in [0.2, 0.25) is 0 Å². The molecule has 0 spiro atoms. The van der Waals surface area contributed by atoms with E-state index in [0.29, 0.717) is 6.04 Å². The van der Waals surface area contributed by atoms with Crippen LogP contribution in [0.4, 0.5) is 0 Å². The quantitative estimate of drug-likeness (QED) is 0.685. The molecule has 4 saturated heterocycles. The molecule has 0 aliphatic carbocycles. The molecule has 108 valence electrons. The Labute approximate surface area is 116 Å². The monoisotopic (exact) mass is 265 g/mol. The molecule has 4 heterocycles. The molecule has 2 N–H and O–H groups in total. The van der Waals surface area contributed by atoms with Gasteiger partial charge in [0, 0.05) is 58.4 Å². The lowest BCUT2D eigenvalue weighted by molar-refractivity contribution is -0.251. The van der Waals surface area contributed by atoms with Gasteiger partial charge in [0.05, 0.1) is 0 Å². The number of piperazine rings is 2. The fourth-order valence-corrected chi connectivity index (χ4v) is 5.37. The van der Waals surface area contributed by atoms with Crippen molar-refractivity contribution in [3.63, 3.8) is 0 Å². The van der Waals surface area contributed by atoms with Crippen LogP contribution in [0.5, 0.6) is 0 Å². The molecule has 5 nitrogen and oxygen atoms in total. The van der Waals surface area contributed by atoms with E-state index in [-0.39, 0.29) is 11.3 Å². The Kier molecular flexibility index (Phi) is 2.59. The van der Waals surface area contributed by atoms with Gasteiger partial charge in [0.15, 0.2) is 0 Å². The van der Waals surface area contributed by atoms with E-state index in [2.05, 4.69) is 33.4 Å². The third-order valence-electron chi connectivity index (χ3n) is 6.55. The first kappa shape index (κ1) is 12.5. The first-order chi connectivity index (χ1) is 9.12. The predicted octanol–water partition coefficient (Wildman–Crippen LogP) is -0.601. The van der Waals surface area contributed by atoms with Crippen LogP contribution in [-0.2, 0) is 0 Å². The van der Waals surface area contributed by atoms with Crippen molar-refractivity contribution in [1.29, 1.82) is 0 Å². The van der Waals surface area contributed by atoms with Crippen LogP contribution in [0.1, 0.15) is 20.3 Å². The minimum Gasteiger partial charge on any atom is -0.329 e. The molecule has 0 saturated carbocycles. The van der Waals surface area contributed by atoms with Crippen molar-refractivity contribution in [3.8, 4) is 0 Å². The summed E-state index contributed by atoms with van der Waals surface area (Å²) in [4.78, 5) is 10.9. The van der Waals surface area contributed by atoms with Crippen LogP contribution in [0.3, 0.4) is 0 Å². The van der Waals surface area contributed by atoms with Gasteiger partial charge in [-0.1, -0.05) is 0 Å². The van der Waals surface area contributed by atoms with E-state index < -0.39 is 0 Å². The van der Waals surface area contributed by atoms with E-state index in [4.69, 9.17) is 5.73 Å². The van der Waals surface area contributed by atoms with Gasteiger partial charge in [-0.15, -0.1) is 0 Å². The topological polar surface area (TPSA) is 39.0 Å². The van der Waals surface area contributed by atoms with E-state index in [0.717, 1.165) is 13.1 Å². The maximum absolute atomic E-state index is 6.05. The van der Waals surface area contributed by atoms with Crippen molar-refractivity contribution in [2.45, 2.75) is 37.6 Å². The van der Waals surface area contributed by atoms with Crippen LogP contribution in [-0.4, -0.2) is 89.3 Å². The van der Waals surface area contributed by atoms with Crippen LogP contribution >= 0.6 is 0 Å². The zero-order chi connectivity index (χ0) is 13.3. The molecule has 4 aliphatic rings. The molecule has 0 amide bonds. The van der Waals surface area contributed by atoms with Gasteiger partial charge in [-0.05, 0) is 20.3 Å². The second-order valence-electron chi connectivity index (χ2n) is 6.90. The second kappa shape index (κ2) is 3.92. The molecule has 19 heavy (non-hydrogen) atoms. The van der Waals surface area contributed by atoms with E-state index >= 15 is 0 Å². The molecule has 3 atom stereocenters. The summed E-state index contributed by atoms with van der Waals surface area (Å²) in [5.41, 5.74) is 6.36. The number of nitrogens with zero attached hydrogens (tertiary/aromatic N) is 4. The highest BCUT2D eigenvalue weighted by Crippen LogP contribution is 2.49. The fraction of sp³-hybridized carbons (Fsp3) is 1.00. The first-order valence-corrected chi connectivity index (χ1v) is 7.84. The molecule has 0 aromatic heterocycles. The van der Waals surface area contributed by atoms with Crippen LogP contribution in [0, 0.1) is 0 Å². The molecule has 5 heteroatoms. The molecule has 4 rings (SSSR count). The Hall–Kier alpha value is -0.200. The van der Waals surface area contributed by atoms with Crippen LogP contribution in [0.25, 0.3) is 0 Å². The third kappa shape index (κ3) is 1.29. The lowest BCUT2D eigenvalue weighted by Crippen LogP contribution is -2.85. The third-order valence-corrected chi connectivity index (χ3v) is 6.55. The number of hydrogen-bond donors (Lipinski definition) is 1. The molecule has 0 bridgehead atoms. The predicted molar refractivity (Wildman–Crippen MR) is 75.7 cm³/mol. The number of rotatable bonds is 1. The van der Waals surface area contributed by atoms with Gasteiger partial charge in [-0.2, -0.15) is 0 Å². The average molecular weight is 265 g/mol. The summed E-state index contributed by atoms with van der Waals surface area (Å²) in [6.07, 6.45) is 1.33. The SMILES string of the molecule is C[C@]12N3CCCN1CCN1C(CN)CN(CC3)[C@]12C. The molecule has 0 aromatic carbocycles. The molecule has 0 radical (unpaired) electrons. The van der Waals surface area contributed by atoms with E-state index in [1.807, 2.05) is 0 Å². The zero-order valence-corrected chi connectivity index (χ0v) is 12.3. The van der Waals surface area contributed by atoms with Gasteiger partial charge in [-0.3, -0.25) is 19.6 Å². The van der Waals surface area contributed by atoms with Crippen LogP contribution in [0.15, 0.2) is 0 Å². The summed E-state index contributed by atoms with van der Waals surface area (Å²) >= 11 is 0. The van der Waals surface area contributed by atoms with Gasteiger partial charge in [0.25, 0.3) is 0 Å². The Morgan fingerprint density at radius 3 is 2.21 bits per heavy atom. The van der Waals surface area contributed by atoms with Gasteiger partial charge in [0.1, 0.15) is 11.3 Å². The van der Waals surface area contributed by atoms with Crippen molar-refractivity contribution in [3.05, 3.63) is 0 Å².